The monoisotopic (exact) mass is 455 g/mol. The molecule has 0 spiro atoms. The fourth-order valence-electron chi connectivity index (χ4n) is 3.15. The van der Waals surface area contributed by atoms with Gasteiger partial charge in [-0.1, -0.05) is 23.7 Å². The third kappa shape index (κ3) is 5.36. The van der Waals surface area contributed by atoms with Crippen LogP contribution in [0.3, 0.4) is 0 Å². The molecule has 0 aliphatic rings. The maximum Gasteiger partial charge on any atom is 0.341 e. The first-order valence-electron chi connectivity index (χ1n) is 9.84. The summed E-state index contributed by atoms with van der Waals surface area (Å²) in [6.07, 6.45) is 1.45. The lowest BCUT2D eigenvalue weighted by molar-refractivity contribution is -0.139. The topological polar surface area (TPSA) is 94.7 Å². The zero-order valence-corrected chi connectivity index (χ0v) is 18.6. The highest BCUT2D eigenvalue weighted by molar-refractivity contribution is 6.31. The number of aromatic amines is 1. The normalized spacial score (nSPS) is 11.3. The van der Waals surface area contributed by atoms with E-state index in [1.807, 2.05) is 6.07 Å². The molecule has 3 aromatic rings. The first-order valence-corrected chi connectivity index (χ1v) is 10.2. The Morgan fingerprint density at radius 3 is 2.56 bits per heavy atom. The Morgan fingerprint density at radius 2 is 1.88 bits per heavy atom. The van der Waals surface area contributed by atoms with E-state index >= 15 is 0 Å². The molecule has 0 saturated heterocycles. The molecule has 32 heavy (non-hydrogen) atoms. The number of carbonyl (C=O) groups excluding carboxylic acids is 2. The molecule has 166 valence electrons. The Kier molecular flexibility index (Phi) is 7.33. The van der Waals surface area contributed by atoms with Gasteiger partial charge in [-0.25, -0.2) is 4.79 Å². The van der Waals surface area contributed by atoms with Crippen LogP contribution in [0.5, 0.6) is 11.5 Å². The third-order valence-electron chi connectivity index (χ3n) is 4.65. The summed E-state index contributed by atoms with van der Waals surface area (Å²) in [5, 5.41) is 1.33. The standard InChI is InChI=1S/C24H22ClNO6/c1-4-31-24(29)19(14(2)27)9-15-5-8-21(22(10-15)30-3)32-13-16-11-23(28)26-20-12-17(25)6-7-18(16)20/h5-12H,4,13H2,1-3H3,(H,26,28)/b19-9+. The highest BCUT2D eigenvalue weighted by Crippen LogP contribution is 2.30. The zero-order chi connectivity index (χ0) is 23.3. The summed E-state index contributed by atoms with van der Waals surface area (Å²) in [5.74, 6) is -0.236. The molecular formula is C24H22ClNO6. The van der Waals surface area contributed by atoms with E-state index in [2.05, 4.69) is 4.98 Å². The van der Waals surface area contributed by atoms with Crippen LogP contribution in [0.15, 0.2) is 52.8 Å². The Morgan fingerprint density at radius 1 is 1.09 bits per heavy atom. The quantitative estimate of drug-likeness (QED) is 0.235. The van der Waals surface area contributed by atoms with Crippen LogP contribution in [0.2, 0.25) is 5.02 Å². The van der Waals surface area contributed by atoms with Gasteiger partial charge in [0.1, 0.15) is 12.2 Å². The van der Waals surface area contributed by atoms with E-state index in [9.17, 15) is 14.4 Å². The molecule has 3 rings (SSSR count). The Hall–Kier alpha value is -3.58. The summed E-state index contributed by atoms with van der Waals surface area (Å²) >= 11 is 6.02. The van der Waals surface area contributed by atoms with E-state index in [0.717, 1.165) is 5.39 Å². The van der Waals surface area contributed by atoms with Crippen molar-refractivity contribution >= 4 is 40.3 Å². The number of ether oxygens (including phenoxy) is 3. The van der Waals surface area contributed by atoms with E-state index in [0.29, 0.717) is 33.2 Å². The number of H-pyrrole nitrogens is 1. The number of nitrogens with one attached hydrogen (secondary N) is 1. The second-order valence-electron chi connectivity index (χ2n) is 6.88. The lowest BCUT2D eigenvalue weighted by atomic mass is 10.1. The van der Waals surface area contributed by atoms with Gasteiger partial charge in [-0.2, -0.15) is 0 Å². The number of methoxy groups -OCH3 is 1. The molecule has 0 radical (unpaired) electrons. The van der Waals surface area contributed by atoms with Gasteiger partial charge >= 0.3 is 5.97 Å². The van der Waals surface area contributed by atoms with Crippen LogP contribution in [0.4, 0.5) is 0 Å². The number of hydrogen-bond acceptors (Lipinski definition) is 6. The van der Waals surface area contributed by atoms with Crippen LogP contribution in [0, 0.1) is 0 Å². The predicted molar refractivity (Wildman–Crippen MR) is 122 cm³/mol. The minimum absolute atomic E-state index is 0.0591. The number of ketones is 1. The number of pyridine rings is 1. The van der Waals surface area contributed by atoms with Gasteiger partial charge in [0.2, 0.25) is 5.56 Å². The van der Waals surface area contributed by atoms with Crippen molar-refractivity contribution in [2.45, 2.75) is 20.5 Å². The SMILES string of the molecule is CCOC(=O)/C(=C/c1ccc(OCc2cc(=O)[nH]c3cc(Cl)ccc23)c(OC)c1)C(C)=O. The number of fused-ring (bicyclic) bond motifs is 1. The summed E-state index contributed by atoms with van der Waals surface area (Å²) in [6, 6.07) is 11.7. The van der Waals surface area contributed by atoms with Crippen molar-refractivity contribution in [2.24, 2.45) is 0 Å². The Bertz CT molecular complexity index is 1260. The molecule has 1 N–H and O–H groups in total. The van der Waals surface area contributed by atoms with Crippen molar-refractivity contribution in [1.82, 2.24) is 4.98 Å². The summed E-state index contributed by atoms with van der Waals surface area (Å²) in [5.41, 5.74) is 1.56. The van der Waals surface area contributed by atoms with E-state index in [1.54, 1.807) is 37.3 Å². The smallest absolute Gasteiger partial charge is 0.341 e. The summed E-state index contributed by atoms with van der Waals surface area (Å²) < 4.78 is 16.3. The van der Waals surface area contributed by atoms with E-state index < -0.39 is 11.8 Å². The largest absolute Gasteiger partial charge is 0.493 e. The molecule has 0 saturated carbocycles. The highest BCUT2D eigenvalue weighted by atomic mass is 35.5. The van der Waals surface area contributed by atoms with Gasteiger partial charge in [-0.3, -0.25) is 9.59 Å². The van der Waals surface area contributed by atoms with Gasteiger partial charge in [0.25, 0.3) is 0 Å². The number of halogens is 1. The molecule has 7 nitrogen and oxygen atoms in total. The van der Waals surface area contributed by atoms with Crippen LogP contribution < -0.4 is 15.0 Å². The summed E-state index contributed by atoms with van der Waals surface area (Å²) in [6.45, 7) is 3.26. The molecule has 0 aliphatic carbocycles. The van der Waals surface area contributed by atoms with Crippen LogP contribution in [-0.2, 0) is 20.9 Å². The molecule has 1 heterocycles. The lowest BCUT2D eigenvalue weighted by Gasteiger charge is -2.13. The highest BCUT2D eigenvalue weighted by Gasteiger charge is 2.16. The van der Waals surface area contributed by atoms with Gasteiger partial charge in [0, 0.05) is 22.0 Å². The van der Waals surface area contributed by atoms with Gasteiger partial charge in [-0.15, -0.1) is 0 Å². The predicted octanol–water partition coefficient (Wildman–Crippen LogP) is 4.30. The fourth-order valence-corrected chi connectivity index (χ4v) is 3.32. The number of rotatable bonds is 8. The maximum atomic E-state index is 12.0. The number of carbonyl (C=O) groups is 2. The van der Waals surface area contributed by atoms with Crippen LogP contribution >= 0.6 is 11.6 Å². The van der Waals surface area contributed by atoms with Crippen molar-refractivity contribution in [2.75, 3.05) is 13.7 Å². The molecule has 0 amide bonds. The van der Waals surface area contributed by atoms with E-state index in [4.69, 9.17) is 25.8 Å². The van der Waals surface area contributed by atoms with Gasteiger partial charge in [0.05, 0.1) is 19.2 Å². The molecule has 0 unspecified atom stereocenters. The van der Waals surface area contributed by atoms with Crippen LogP contribution in [0.1, 0.15) is 25.0 Å². The first kappa shape index (κ1) is 23.1. The molecule has 2 aromatic carbocycles. The van der Waals surface area contributed by atoms with E-state index in [-0.39, 0.29) is 24.3 Å². The molecule has 8 heteroatoms. The molecule has 0 aliphatic heterocycles. The average Bonchev–Trinajstić information content (AvgIpc) is 2.75. The number of esters is 1. The number of Topliss-reactive ketones (excluding diaryl/α,β-unsaturated/α-hetero) is 1. The minimum atomic E-state index is -0.680. The third-order valence-corrected chi connectivity index (χ3v) is 4.88. The summed E-state index contributed by atoms with van der Waals surface area (Å²) in [7, 11) is 1.48. The second kappa shape index (κ2) is 10.2. The summed E-state index contributed by atoms with van der Waals surface area (Å²) in [4.78, 5) is 38.6. The molecule has 0 atom stereocenters. The van der Waals surface area contributed by atoms with Crippen molar-refractivity contribution in [3.05, 3.63) is 74.5 Å². The number of benzene rings is 2. The first-order chi connectivity index (χ1) is 15.3. The van der Waals surface area contributed by atoms with Gasteiger partial charge in [-0.05, 0) is 49.8 Å². The molecular weight excluding hydrogens is 434 g/mol. The maximum absolute atomic E-state index is 12.0. The average molecular weight is 456 g/mol. The van der Waals surface area contributed by atoms with Gasteiger partial charge in [0.15, 0.2) is 17.3 Å². The zero-order valence-electron chi connectivity index (χ0n) is 17.9. The Balaban J connectivity index is 1.88. The number of hydrogen-bond donors (Lipinski definition) is 1. The molecule has 1 aromatic heterocycles. The minimum Gasteiger partial charge on any atom is -0.493 e. The lowest BCUT2D eigenvalue weighted by Crippen LogP contribution is -2.13. The Labute approximate surface area is 189 Å². The van der Waals surface area contributed by atoms with Crippen LogP contribution in [0.25, 0.3) is 17.0 Å². The van der Waals surface area contributed by atoms with Crippen molar-refractivity contribution < 1.29 is 23.8 Å². The van der Waals surface area contributed by atoms with Crippen LogP contribution in [-0.4, -0.2) is 30.5 Å². The number of aromatic nitrogens is 1. The molecule has 0 bridgehead atoms. The second-order valence-corrected chi connectivity index (χ2v) is 7.32. The fraction of sp³-hybridized carbons (Fsp3) is 0.208. The van der Waals surface area contributed by atoms with E-state index in [1.165, 1.54) is 26.2 Å². The van der Waals surface area contributed by atoms with Gasteiger partial charge < -0.3 is 19.2 Å². The van der Waals surface area contributed by atoms with Crippen molar-refractivity contribution in [3.8, 4) is 11.5 Å². The molecule has 0 fully saturated rings. The van der Waals surface area contributed by atoms with Crippen molar-refractivity contribution in [1.29, 1.82) is 0 Å². The van der Waals surface area contributed by atoms with Crippen molar-refractivity contribution in [3.63, 3.8) is 0 Å².